The molecular weight excluding hydrogens is 181 g/mol. The summed E-state index contributed by atoms with van der Waals surface area (Å²) in [6, 6.07) is 1.78. The normalized spacial score (nSPS) is 17.9. The van der Waals surface area contributed by atoms with Crippen LogP contribution in [-0.4, -0.2) is 28.0 Å². The fraction of sp³-hybridized carbons (Fsp3) is 0.400. The largest absolute Gasteiger partial charge is 0.289 e. The van der Waals surface area contributed by atoms with E-state index in [4.69, 9.17) is 0 Å². The summed E-state index contributed by atoms with van der Waals surface area (Å²) in [4.78, 5) is 10.2. The zero-order valence-electron chi connectivity index (χ0n) is 7.86. The van der Waals surface area contributed by atoms with Crippen LogP contribution in [-0.2, 0) is 6.54 Å². The summed E-state index contributed by atoms with van der Waals surface area (Å²) in [6.07, 6.45) is 5.83. The van der Waals surface area contributed by atoms with Crippen LogP contribution in [0, 0.1) is 0 Å². The Hall–Kier alpha value is -1.29. The molecule has 0 bridgehead atoms. The first-order valence-corrected chi connectivity index (χ1v) is 4.67. The lowest BCUT2D eigenvalue weighted by Crippen LogP contribution is -2.29. The van der Waals surface area contributed by atoms with E-state index in [9.17, 15) is 4.39 Å². The highest BCUT2D eigenvalue weighted by molar-refractivity contribution is 5.00. The first kappa shape index (κ1) is 9.27. The van der Waals surface area contributed by atoms with Gasteiger partial charge in [0, 0.05) is 18.9 Å². The SMILES string of the molecule is FC1=CCCN(Cc2ncccn2)C1. The second kappa shape index (κ2) is 4.28. The minimum Gasteiger partial charge on any atom is -0.289 e. The molecule has 0 amide bonds. The zero-order valence-corrected chi connectivity index (χ0v) is 7.86. The summed E-state index contributed by atoms with van der Waals surface area (Å²) in [6.45, 7) is 1.89. The molecule has 0 aliphatic carbocycles. The van der Waals surface area contributed by atoms with E-state index in [1.807, 2.05) is 4.90 Å². The summed E-state index contributed by atoms with van der Waals surface area (Å²) >= 11 is 0. The Labute approximate surface area is 82.3 Å². The van der Waals surface area contributed by atoms with Crippen LogP contribution in [0.2, 0.25) is 0 Å². The van der Waals surface area contributed by atoms with Crippen molar-refractivity contribution in [1.82, 2.24) is 14.9 Å². The average Bonchev–Trinajstić information content (AvgIpc) is 2.19. The maximum Gasteiger partial charge on any atom is 0.142 e. The third-order valence-electron chi connectivity index (χ3n) is 2.17. The molecule has 0 N–H and O–H groups in total. The number of rotatable bonds is 2. The molecule has 1 aromatic heterocycles. The maximum absolute atomic E-state index is 12.9. The second-order valence-electron chi connectivity index (χ2n) is 3.32. The molecule has 0 unspecified atom stereocenters. The Kier molecular flexibility index (Phi) is 2.84. The van der Waals surface area contributed by atoms with Crippen LogP contribution in [0.15, 0.2) is 30.4 Å². The van der Waals surface area contributed by atoms with Gasteiger partial charge in [-0.25, -0.2) is 14.4 Å². The van der Waals surface area contributed by atoms with Crippen LogP contribution in [0.3, 0.4) is 0 Å². The van der Waals surface area contributed by atoms with Crippen molar-refractivity contribution in [1.29, 1.82) is 0 Å². The van der Waals surface area contributed by atoms with Crippen LogP contribution >= 0.6 is 0 Å². The van der Waals surface area contributed by atoms with Gasteiger partial charge in [0.25, 0.3) is 0 Å². The highest BCUT2D eigenvalue weighted by Crippen LogP contribution is 2.11. The van der Waals surface area contributed by atoms with Crippen molar-refractivity contribution >= 4 is 0 Å². The molecule has 2 rings (SSSR count). The van der Waals surface area contributed by atoms with E-state index in [2.05, 4.69) is 9.97 Å². The second-order valence-corrected chi connectivity index (χ2v) is 3.32. The van der Waals surface area contributed by atoms with Crippen molar-refractivity contribution in [2.24, 2.45) is 0 Å². The Morgan fingerprint density at radius 3 is 2.86 bits per heavy atom. The van der Waals surface area contributed by atoms with Gasteiger partial charge < -0.3 is 0 Å². The van der Waals surface area contributed by atoms with Crippen molar-refractivity contribution in [3.05, 3.63) is 36.2 Å². The molecule has 0 spiro atoms. The molecule has 1 aliphatic heterocycles. The molecular formula is C10H12FN3. The van der Waals surface area contributed by atoms with Gasteiger partial charge in [0.2, 0.25) is 0 Å². The van der Waals surface area contributed by atoms with Crippen LogP contribution < -0.4 is 0 Å². The molecule has 2 heterocycles. The number of hydrogen-bond acceptors (Lipinski definition) is 3. The molecule has 0 atom stereocenters. The lowest BCUT2D eigenvalue weighted by Gasteiger charge is -2.22. The number of nitrogens with zero attached hydrogens (tertiary/aromatic N) is 3. The molecule has 0 radical (unpaired) electrons. The molecule has 0 saturated heterocycles. The monoisotopic (exact) mass is 193 g/mol. The van der Waals surface area contributed by atoms with Gasteiger partial charge in [0.05, 0.1) is 13.1 Å². The molecule has 1 aromatic rings. The third kappa shape index (κ3) is 2.35. The summed E-state index contributed by atoms with van der Waals surface area (Å²) in [7, 11) is 0. The molecule has 3 nitrogen and oxygen atoms in total. The topological polar surface area (TPSA) is 29.0 Å². The van der Waals surface area contributed by atoms with Crippen molar-refractivity contribution < 1.29 is 4.39 Å². The van der Waals surface area contributed by atoms with E-state index in [0.717, 1.165) is 18.8 Å². The smallest absolute Gasteiger partial charge is 0.142 e. The van der Waals surface area contributed by atoms with E-state index in [1.165, 1.54) is 0 Å². The van der Waals surface area contributed by atoms with Gasteiger partial charge >= 0.3 is 0 Å². The molecule has 74 valence electrons. The fourth-order valence-corrected chi connectivity index (χ4v) is 1.51. The van der Waals surface area contributed by atoms with E-state index < -0.39 is 0 Å². The Balaban J connectivity index is 1.96. The molecule has 1 aliphatic rings. The van der Waals surface area contributed by atoms with Gasteiger partial charge in [-0.15, -0.1) is 0 Å². The molecule has 0 aromatic carbocycles. The Morgan fingerprint density at radius 1 is 1.36 bits per heavy atom. The predicted octanol–water partition coefficient (Wildman–Crippen LogP) is 1.54. The Bertz CT molecular complexity index is 323. The van der Waals surface area contributed by atoms with Crippen LogP contribution in [0.25, 0.3) is 0 Å². The fourth-order valence-electron chi connectivity index (χ4n) is 1.51. The minimum absolute atomic E-state index is 0.0489. The first-order valence-electron chi connectivity index (χ1n) is 4.67. The summed E-state index contributed by atoms with van der Waals surface area (Å²) in [5.41, 5.74) is 0. The van der Waals surface area contributed by atoms with Crippen molar-refractivity contribution in [3.8, 4) is 0 Å². The van der Waals surface area contributed by atoms with Gasteiger partial charge in [0.15, 0.2) is 0 Å². The van der Waals surface area contributed by atoms with E-state index >= 15 is 0 Å². The standard InChI is InChI=1S/C10H12FN3/c11-9-3-1-6-14(7-9)8-10-12-4-2-5-13-10/h2-5H,1,6-8H2. The number of hydrogen-bond donors (Lipinski definition) is 0. The van der Waals surface area contributed by atoms with Crippen LogP contribution in [0.5, 0.6) is 0 Å². The van der Waals surface area contributed by atoms with Gasteiger partial charge in [-0.05, 0) is 12.5 Å². The summed E-state index contributed by atoms with van der Waals surface area (Å²) in [5, 5.41) is 0. The summed E-state index contributed by atoms with van der Waals surface area (Å²) in [5.74, 6) is 0.703. The third-order valence-corrected chi connectivity index (χ3v) is 2.17. The highest BCUT2D eigenvalue weighted by atomic mass is 19.1. The maximum atomic E-state index is 12.9. The highest BCUT2D eigenvalue weighted by Gasteiger charge is 2.13. The zero-order chi connectivity index (χ0) is 9.80. The minimum atomic E-state index is -0.0489. The molecule has 4 heteroatoms. The predicted molar refractivity (Wildman–Crippen MR) is 51.1 cm³/mol. The van der Waals surface area contributed by atoms with Crippen molar-refractivity contribution in [2.75, 3.05) is 13.1 Å². The molecule has 14 heavy (non-hydrogen) atoms. The van der Waals surface area contributed by atoms with E-state index in [1.54, 1.807) is 24.5 Å². The van der Waals surface area contributed by atoms with Gasteiger partial charge in [0.1, 0.15) is 11.7 Å². The van der Waals surface area contributed by atoms with Crippen LogP contribution in [0.1, 0.15) is 12.2 Å². The van der Waals surface area contributed by atoms with Crippen LogP contribution in [0.4, 0.5) is 4.39 Å². The Morgan fingerprint density at radius 2 is 2.14 bits per heavy atom. The van der Waals surface area contributed by atoms with Gasteiger partial charge in [-0.1, -0.05) is 6.08 Å². The van der Waals surface area contributed by atoms with Gasteiger partial charge in [-0.3, -0.25) is 4.90 Å². The van der Waals surface area contributed by atoms with E-state index in [-0.39, 0.29) is 5.83 Å². The molecule has 0 fully saturated rings. The van der Waals surface area contributed by atoms with E-state index in [0.29, 0.717) is 13.1 Å². The molecule has 0 saturated carbocycles. The first-order chi connectivity index (χ1) is 6.84. The summed E-state index contributed by atoms with van der Waals surface area (Å²) < 4.78 is 12.9. The van der Waals surface area contributed by atoms with Crippen molar-refractivity contribution in [2.45, 2.75) is 13.0 Å². The lowest BCUT2D eigenvalue weighted by atomic mass is 10.2. The number of aromatic nitrogens is 2. The van der Waals surface area contributed by atoms with Crippen molar-refractivity contribution in [3.63, 3.8) is 0 Å². The number of halogens is 1. The lowest BCUT2D eigenvalue weighted by molar-refractivity contribution is 0.253. The average molecular weight is 193 g/mol. The van der Waals surface area contributed by atoms with Gasteiger partial charge in [-0.2, -0.15) is 0 Å². The quantitative estimate of drug-likeness (QED) is 0.713.